The van der Waals surface area contributed by atoms with Crippen molar-refractivity contribution >= 4 is 5.97 Å². The first-order chi connectivity index (χ1) is 7.89. The maximum Gasteiger partial charge on any atom is 0.334 e. The van der Waals surface area contributed by atoms with Gasteiger partial charge in [0.2, 0.25) is 5.72 Å². The Labute approximate surface area is 104 Å². The molecule has 100 valence electrons. The molecule has 0 aromatic rings. The average molecular weight is 244 g/mol. The topological polar surface area (TPSA) is 46.5 Å². The molecule has 0 aliphatic rings. The first-order valence-corrected chi connectivity index (χ1v) is 6.21. The second-order valence-corrected chi connectivity index (χ2v) is 4.65. The summed E-state index contributed by atoms with van der Waals surface area (Å²) in [5, 5.41) is 8.98. The summed E-state index contributed by atoms with van der Waals surface area (Å²) < 4.78 is 6.11. The predicted octanol–water partition coefficient (Wildman–Crippen LogP) is 1.69. The van der Waals surface area contributed by atoms with Crippen molar-refractivity contribution in [1.29, 1.82) is 0 Å². The number of esters is 1. The van der Waals surface area contributed by atoms with E-state index in [-0.39, 0.29) is 6.61 Å². The zero-order valence-electron chi connectivity index (χ0n) is 11.5. The van der Waals surface area contributed by atoms with Crippen LogP contribution in [0.25, 0.3) is 0 Å². The van der Waals surface area contributed by atoms with Crippen molar-refractivity contribution in [3.8, 4) is 0 Å². The third kappa shape index (κ3) is 3.82. The molecule has 0 saturated heterocycles. The van der Waals surface area contributed by atoms with Crippen LogP contribution in [0.3, 0.4) is 0 Å². The molecule has 0 unspecified atom stereocenters. The lowest BCUT2D eigenvalue weighted by Crippen LogP contribution is -2.63. The van der Waals surface area contributed by atoms with Crippen LogP contribution in [0, 0.1) is 0 Å². The third-order valence-corrected chi connectivity index (χ3v) is 3.61. The molecular formula is C13H26NO3+. The molecule has 0 saturated carbocycles. The van der Waals surface area contributed by atoms with Gasteiger partial charge in [0.05, 0.1) is 19.6 Å². The highest BCUT2D eigenvalue weighted by molar-refractivity contribution is 5.81. The Morgan fingerprint density at radius 1 is 1.41 bits per heavy atom. The molecule has 4 heteroatoms. The van der Waals surface area contributed by atoms with E-state index in [4.69, 9.17) is 9.84 Å². The number of rotatable bonds is 8. The molecule has 0 aromatic carbocycles. The highest BCUT2D eigenvalue weighted by Crippen LogP contribution is 2.27. The van der Waals surface area contributed by atoms with E-state index in [2.05, 4.69) is 20.4 Å². The van der Waals surface area contributed by atoms with E-state index in [0.29, 0.717) is 10.9 Å². The van der Waals surface area contributed by atoms with Crippen molar-refractivity contribution in [1.82, 2.24) is 0 Å². The van der Waals surface area contributed by atoms with Crippen LogP contribution in [-0.2, 0) is 9.53 Å². The molecule has 0 atom stereocenters. The van der Waals surface area contributed by atoms with E-state index in [1.165, 1.54) is 6.08 Å². The van der Waals surface area contributed by atoms with E-state index in [9.17, 15) is 4.79 Å². The Balaban J connectivity index is 4.98. The van der Waals surface area contributed by atoms with Crippen molar-refractivity contribution in [2.45, 2.75) is 39.8 Å². The van der Waals surface area contributed by atoms with Crippen LogP contribution < -0.4 is 0 Å². The summed E-state index contributed by atoms with van der Waals surface area (Å²) in [7, 11) is 0. The molecular weight excluding hydrogens is 218 g/mol. The number of nitrogens with zero attached hydrogens (tertiary/aromatic N) is 1. The van der Waals surface area contributed by atoms with Gasteiger partial charge in [0, 0.05) is 33.0 Å². The Bertz CT molecular complexity index is 257. The first kappa shape index (κ1) is 16.1. The van der Waals surface area contributed by atoms with Crippen molar-refractivity contribution in [2.75, 3.05) is 26.2 Å². The first-order valence-electron chi connectivity index (χ1n) is 6.21. The molecule has 0 rings (SSSR count). The fraction of sp³-hybridized carbons (Fsp3) is 0.769. The number of aliphatic hydroxyl groups excluding tert-OH is 1. The van der Waals surface area contributed by atoms with E-state index >= 15 is 0 Å². The molecule has 0 radical (unpaired) electrons. The van der Waals surface area contributed by atoms with E-state index < -0.39 is 11.7 Å². The SMILES string of the molecule is C=CC(=O)OC(C)(C)[N+](CC)(CC)CCCO. The highest BCUT2D eigenvalue weighted by atomic mass is 16.6. The third-order valence-electron chi connectivity index (χ3n) is 3.61. The summed E-state index contributed by atoms with van der Waals surface area (Å²) in [6, 6.07) is 0. The molecule has 0 bridgehead atoms. The van der Waals surface area contributed by atoms with Crippen molar-refractivity contribution in [3.05, 3.63) is 12.7 Å². The Hall–Kier alpha value is -0.870. The minimum atomic E-state index is -0.607. The lowest BCUT2D eigenvalue weighted by Gasteiger charge is -2.47. The largest absolute Gasteiger partial charge is 0.407 e. The van der Waals surface area contributed by atoms with Gasteiger partial charge < -0.3 is 9.84 Å². The van der Waals surface area contributed by atoms with Crippen LogP contribution in [0.4, 0.5) is 0 Å². The van der Waals surface area contributed by atoms with Gasteiger partial charge >= 0.3 is 5.97 Å². The standard InChI is InChI=1S/C13H26NO3/c1-6-12(16)17-13(4,5)14(7-2,8-3)10-9-11-15/h6,15H,1,7-11H2,2-5H3/q+1. The minimum absolute atomic E-state index is 0.158. The summed E-state index contributed by atoms with van der Waals surface area (Å²) in [5.41, 5.74) is -0.607. The summed E-state index contributed by atoms with van der Waals surface area (Å²) in [6.07, 6.45) is 1.89. The van der Waals surface area contributed by atoms with Gasteiger partial charge in [0.15, 0.2) is 0 Å². The van der Waals surface area contributed by atoms with Gasteiger partial charge in [-0.3, -0.25) is 4.48 Å². The fourth-order valence-electron chi connectivity index (χ4n) is 2.33. The zero-order valence-corrected chi connectivity index (χ0v) is 11.5. The molecule has 0 aromatic heterocycles. The number of hydrogen-bond acceptors (Lipinski definition) is 3. The Morgan fingerprint density at radius 2 is 1.94 bits per heavy atom. The van der Waals surface area contributed by atoms with Crippen molar-refractivity contribution in [3.63, 3.8) is 0 Å². The van der Waals surface area contributed by atoms with Gasteiger partial charge in [0.1, 0.15) is 0 Å². The number of carbonyl (C=O) groups is 1. The molecule has 1 N–H and O–H groups in total. The summed E-state index contributed by atoms with van der Waals surface area (Å²) in [5.74, 6) is -0.400. The quantitative estimate of drug-likeness (QED) is 0.306. The van der Waals surface area contributed by atoms with Crippen LogP contribution in [0.5, 0.6) is 0 Å². The average Bonchev–Trinajstić information content (AvgIpc) is 2.30. The molecule has 0 fully saturated rings. The van der Waals surface area contributed by atoms with Gasteiger partial charge in [-0.15, -0.1) is 0 Å². The zero-order chi connectivity index (χ0) is 13.5. The summed E-state index contributed by atoms with van der Waals surface area (Å²) >= 11 is 0. The van der Waals surface area contributed by atoms with Crippen molar-refractivity contribution in [2.24, 2.45) is 0 Å². The van der Waals surface area contributed by atoms with Crippen LogP contribution in [0.2, 0.25) is 0 Å². The lowest BCUT2D eigenvalue weighted by atomic mass is 10.1. The Morgan fingerprint density at radius 3 is 2.29 bits per heavy atom. The van der Waals surface area contributed by atoms with Crippen LogP contribution in [-0.4, -0.2) is 47.5 Å². The second kappa shape index (κ2) is 6.77. The number of ether oxygens (including phenoxy) is 1. The smallest absolute Gasteiger partial charge is 0.334 e. The predicted molar refractivity (Wildman–Crippen MR) is 68.3 cm³/mol. The monoisotopic (exact) mass is 244 g/mol. The van der Waals surface area contributed by atoms with Gasteiger partial charge in [-0.25, -0.2) is 4.79 Å². The molecule has 4 nitrogen and oxygen atoms in total. The molecule has 0 amide bonds. The van der Waals surface area contributed by atoms with Gasteiger partial charge in [-0.1, -0.05) is 6.58 Å². The van der Waals surface area contributed by atoms with Gasteiger partial charge in [0.25, 0.3) is 0 Å². The molecule has 0 heterocycles. The fourth-order valence-corrected chi connectivity index (χ4v) is 2.33. The van der Waals surface area contributed by atoms with E-state index in [1.54, 1.807) is 0 Å². The van der Waals surface area contributed by atoms with Crippen molar-refractivity contribution < 1.29 is 19.1 Å². The van der Waals surface area contributed by atoms with Gasteiger partial charge in [-0.05, 0) is 13.8 Å². The van der Waals surface area contributed by atoms with Crippen LogP contribution in [0.1, 0.15) is 34.1 Å². The van der Waals surface area contributed by atoms with E-state index in [0.717, 1.165) is 19.6 Å². The van der Waals surface area contributed by atoms with Crippen LogP contribution in [0.15, 0.2) is 12.7 Å². The number of carbonyl (C=O) groups excluding carboxylic acids is 1. The second-order valence-electron chi connectivity index (χ2n) is 4.65. The number of aliphatic hydroxyl groups is 1. The maximum absolute atomic E-state index is 11.4. The highest BCUT2D eigenvalue weighted by Gasteiger charge is 2.43. The molecule has 0 aliphatic carbocycles. The molecule has 17 heavy (non-hydrogen) atoms. The summed E-state index contributed by atoms with van der Waals surface area (Å²) in [4.78, 5) is 11.4. The lowest BCUT2D eigenvalue weighted by molar-refractivity contribution is -0.990. The Kier molecular flexibility index (Phi) is 6.42. The minimum Gasteiger partial charge on any atom is -0.407 e. The van der Waals surface area contributed by atoms with E-state index in [1.807, 2.05) is 13.8 Å². The van der Waals surface area contributed by atoms with Crippen LogP contribution >= 0.6 is 0 Å². The normalized spacial score (nSPS) is 12.3. The summed E-state index contributed by atoms with van der Waals surface area (Å²) in [6.45, 7) is 14.1. The number of hydrogen-bond donors (Lipinski definition) is 1. The maximum atomic E-state index is 11.4. The number of quaternary nitrogens is 1. The molecule has 0 spiro atoms. The van der Waals surface area contributed by atoms with Gasteiger partial charge in [-0.2, -0.15) is 0 Å². The molecule has 0 aliphatic heterocycles.